The zero-order chi connectivity index (χ0) is 10.9. The summed E-state index contributed by atoms with van der Waals surface area (Å²) in [5.41, 5.74) is 4.02. The molecule has 0 radical (unpaired) electrons. The summed E-state index contributed by atoms with van der Waals surface area (Å²) < 4.78 is 49.1. The number of nitrogens with zero attached hydrogens (tertiary/aromatic N) is 1. The minimum atomic E-state index is -4.72. The maximum absolute atomic E-state index is 12.8. The van der Waals surface area contributed by atoms with Crippen LogP contribution >= 0.6 is 11.6 Å². The number of nitrogens with two attached hydrogens (primary N) is 1. The smallest absolute Gasteiger partial charge is 0.316 e. The fourth-order valence-electron chi connectivity index (χ4n) is 0.833. The Kier molecular flexibility index (Phi) is 2.96. The highest BCUT2D eigenvalue weighted by Gasteiger charge is 2.39. The molecule has 78 valence electrons. The summed E-state index contributed by atoms with van der Waals surface area (Å²) in [5, 5.41) is -0.0962. The van der Waals surface area contributed by atoms with Crippen molar-refractivity contribution in [3.63, 3.8) is 0 Å². The topological polar surface area (TPSA) is 38.9 Å². The Morgan fingerprint density at radius 3 is 2.50 bits per heavy atom. The van der Waals surface area contributed by atoms with Crippen LogP contribution in [0.15, 0.2) is 12.3 Å². The third-order valence-electron chi connectivity index (χ3n) is 1.52. The number of halogens is 5. The second-order valence-electron chi connectivity index (χ2n) is 2.55. The van der Waals surface area contributed by atoms with Gasteiger partial charge < -0.3 is 5.73 Å². The first-order valence-corrected chi connectivity index (χ1v) is 3.83. The standard InChI is InChI=1S/C7H5ClF4N2/c8-3-1-4(6(9)14-2-3)5(13)7(10,11)12/h1-2,5H,13H2. The third kappa shape index (κ3) is 2.33. The van der Waals surface area contributed by atoms with Gasteiger partial charge in [-0.15, -0.1) is 0 Å². The first-order valence-electron chi connectivity index (χ1n) is 3.45. The van der Waals surface area contributed by atoms with Crippen LogP contribution in [0.5, 0.6) is 0 Å². The molecule has 0 aromatic carbocycles. The molecular weight excluding hydrogens is 224 g/mol. The van der Waals surface area contributed by atoms with E-state index < -0.39 is 23.7 Å². The number of pyridine rings is 1. The largest absolute Gasteiger partial charge is 0.407 e. The highest BCUT2D eigenvalue weighted by Crippen LogP contribution is 2.32. The van der Waals surface area contributed by atoms with Crippen LogP contribution in [0.25, 0.3) is 0 Å². The van der Waals surface area contributed by atoms with Crippen LogP contribution in [-0.2, 0) is 0 Å². The molecule has 1 rings (SSSR count). The maximum Gasteiger partial charge on any atom is 0.407 e. The van der Waals surface area contributed by atoms with Gasteiger partial charge in [0.1, 0.15) is 6.04 Å². The molecule has 14 heavy (non-hydrogen) atoms. The number of rotatable bonds is 1. The second-order valence-corrected chi connectivity index (χ2v) is 2.99. The monoisotopic (exact) mass is 228 g/mol. The van der Waals surface area contributed by atoms with Gasteiger partial charge in [0.2, 0.25) is 5.95 Å². The average molecular weight is 229 g/mol. The molecule has 7 heteroatoms. The van der Waals surface area contributed by atoms with Gasteiger partial charge in [-0.2, -0.15) is 17.6 Å². The molecule has 1 heterocycles. The lowest BCUT2D eigenvalue weighted by Crippen LogP contribution is -2.29. The second kappa shape index (κ2) is 3.70. The zero-order valence-corrected chi connectivity index (χ0v) is 7.40. The number of aromatic nitrogens is 1. The van der Waals surface area contributed by atoms with Crippen molar-refractivity contribution in [3.05, 3.63) is 28.8 Å². The summed E-state index contributed by atoms with van der Waals surface area (Å²) in [6, 6.07) is -1.60. The molecule has 1 unspecified atom stereocenters. The normalized spacial score (nSPS) is 14.1. The van der Waals surface area contributed by atoms with Gasteiger partial charge in [-0.25, -0.2) is 4.98 Å². The van der Waals surface area contributed by atoms with Gasteiger partial charge in [0.05, 0.1) is 5.02 Å². The van der Waals surface area contributed by atoms with Crippen LogP contribution in [0.3, 0.4) is 0 Å². The molecule has 0 spiro atoms. The Morgan fingerprint density at radius 1 is 1.43 bits per heavy atom. The van der Waals surface area contributed by atoms with Gasteiger partial charge >= 0.3 is 6.18 Å². The van der Waals surface area contributed by atoms with Crippen LogP contribution in [0.1, 0.15) is 11.6 Å². The van der Waals surface area contributed by atoms with E-state index in [-0.39, 0.29) is 5.02 Å². The first-order chi connectivity index (χ1) is 6.32. The van der Waals surface area contributed by atoms with Crippen LogP contribution in [0, 0.1) is 5.95 Å². The van der Waals surface area contributed by atoms with Gasteiger partial charge in [-0.1, -0.05) is 11.6 Å². The maximum atomic E-state index is 12.8. The molecule has 1 atom stereocenters. The molecule has 0 saturated carbocycles. The summed E-state index contributed by atoms with van der Waals surface area (Å²) in [6.45, 7) is 0. The van der Waals surface area contributed by atoms with Crippen molar-refractivity contribution in [3.8, 4) is 0 Å². The summed E-state index contributed by atoms with van der Waals surface area (Å²) >= 11 is 5.36. The fraction of sp³-hybridized carbons (Fsp3) is 0.286. The number of hydrogen-bond acceptors (Lipinski definition) is 2. The van der Waals surface area contributed by atoms with E-state index in [4.69, 9.17) is 17.3 Å². The molecule has 0 aliphatic rings. The van der Waals surface area contributed by atoms with Crippen LogP contribution in [0.2, 0.25) is 5.02 Å². The molecule has 0 aliphatic heterocycles. The van der Waals surface area contributed by atoms with E-state index in [2.05, 4.69) is 4.98 Å². The lowest BCUT2D eigenvalue weighted by Gasteiger charge is -2.15. The van der Waals surface area contributed by atoms with Crippen LogP contribution in [-0.4, -0.2) is 11.2 Å². The van der Waals surface area contributed by atoms with E-state index in [1.54, 1.807) is 0 Å². The Labute approximate surface area is 81.7 Å². The van der Waals surface area contributed by atoms with Gasteiger partial charge in [0, 0.05) is 11.8 Å². The van der Waals surface area contributed by atoms with Crippen molar-refractivity contribution in [1.82, 2.24) is 4.98 Å². The molecule has 0 amide bonds. The van der Waals surface area contributed by atoms with E-state index in [1.807, 2.05) is 0 Å². The Hall–Kier alpha value is -0.880. The molecule has 0 aliphatic carbocycles. The van der Waals surface area contributed by atoms with E-state index in [9.17, 15) is 17.6 Å². The number of hydrogen-bond donors (Lipinski definition) is 1. The molecule has 2 N–H and O–H groups in total. The van der Waals surface area contributed by atoms with Crippen molar-refractivity contribution >= 4 is 11.6 Å². The first kappa shape index (κ1) is 11.2. The van der Waals surface area contributed by atoms with Crippen molar-refractivity contribution < 1.29 is 17.6 Å². The fourth-order valence-corrected chi connectivity index (χ4v) is 0.999. The Balaban J connectivity index is 3.12. The highest BCUT2D eigenvalue weighted by molar-refractivity contribution is 6.30. The van der Waals surface area contributed by atoms with Gasteiger partial charge in [-0.05, 0) is 6.07 Å². The van der Waals surface area contributed by atoms with E-state index in [1.165, 1.54) is 0 Å². The van der Waals surface area contributed by atoms with Crippen LogP contribution < -0.4 is 5.73 Å². The Bertz CT molecular complexity index is 339. The molecule has 1 aromatic rings. The number of alkyl halides is 3. The molecular formula is C7H5ClF4N2. The van der Waals surface area contributed by atoms with Gasteiger partial charge in [0.25, 0.3) is 0 Å². The van der Waals surface area contributed by atoms with Gasteiger partial charge in [-0.3, -0.25) is 0 Å². The highest BCUT2D eigenvalue weighted by atomic mass is 35.5. The third-order valence-corrected chi connectivity index (χ3v) is 1.73. The molecule has 1 aromatic heterocycles. The summed E-state index contributed by atoms with van der Waals surface area (Å²) in [6.07, 6.45) is -3.81. The lowest BCUT2D eigenvalue weighted by atomic mass is 10.1. The predicted molar refractivity (Wildman–Crippen MR) is 42.2 cm³/mol. The predicted octanol–water partition coefficient (Wildman–Crippen LogP) is 2.44. The van der Waals surface area contributed by atoms with E-state index in [0.717, 1.165) is 12.3 Å². The van der Waals surface area contributed by atoms with Crippen molar-refractivity contribution in [2.24, 2.45) is 5.73 Å². The molecule has 0 saturated heterocycles. The minimum Gasteiger partial charge on any atom is -0.316 e. The van der Waals surface area contributed by atoms with Crippen molar-refractivity contribution in [1.29, 1.82) is 0 Å². The van der Waals surface area contributed by atoms with Crippen LogP contribution in [0.4, 0.5) is 17.6 Å². The molecule has 0 fully saturated rings. The summed E-state index contributed by atoms with van der Waals surface area (Å²) in [4.78, 5) is 3.03. The van der Waals surface area contributed by atoms with Crippen molar-refractivity contribution in [2.75, 3.05) is 0 Å². The molecule has 2 nitrogen and oxygen atoms in total. The minimum absolute atomic E-state index is 0.0962. The zero-order valence-electron chi connectivity index (χ0n) is 6.65. The summed E-state index contributed by atoms with van der Waals surface area (Å²) in [7, 11) is 0. The van der Waals surface area contributed by atoms with Gasteiger partial charge in [0.15, 0.2) is 0 Å². The Morgan fingerprint density at radius 2 is 2.00 bits per heavy atom. The lowest BCUT2D eigenvalue weighted by molar-refractivity contribution is -0.149. The summed E-state index contributed by atoms with van der Waals surface area (Å²) in [5.74, 6) is -1.26. The average Bonchev–Trinajstić information content (AvgIpc) is 2.06. The van der Waals surface area contributed by atoms with Crippen molar-refractivity contribution in [2.45, 2.75) is 12.2 Å². The molecule has 0 bridgehead atoms. The quantitative estimate of drug-likeness (QED) is 0.592. The van der Waals surface area contributed by atoms with E-state index >= 15 is 0 Å². The SMILES string of the molecule is NC(c1cc(Cl)cnc1F)C(F)(F)F. The van der Waals surface area contributed by atoms with E-state index in [0.29, 0.717) is 0 Å².